The quantitative estimate of drug-likeness (QED) is 0.671. The van der Waals surface area contributed by atoms with E-state index >= 15 is 0 Å². The fourth-order valence-electron chi connectivity index (χ4n) is 2.72. The van der Waals surface area contributed by atoms with Gasteiger partial charge in [0.05, 0.1) is 15.7 Å². The molecular weight excluding hydrogens is 354 g/mol. The van der Waals surface area contributed by atoms with Gasteiger partial charge in [-0.05, 0) is 57.7 Å². The molecule has 0 aliphatic heterocycles. The molecule has 2 atom stereocenters. The van der Waals surface area contributed by atoms with Crippen molar-refractivity contribution in [1.29, 1.82) is 0 Å². The molecule has 2 aromatic carbocycles. The Morgan fingerprint density at radius 3 is 2.11 bits per heavy atom. The summed E-state index contributed by atoms with van der Waals surface area (Å²) in [5, 5.41) is 0. The summed E-state index contributed by atoms with van der Waals surface area (Å²) in [5.74, 6) is -0.00433. The minimum Gasteiger partial charge on any atom is -0.295 e. The molecule has 0 aliphatic rings. The molecule has 2 rings (SSSR count). The van der Waals surface area contributed by atoms with Crippen molar-refractivity contribution in [1.82, 2.24) is 4.72 Å². The van der Waals surface area contributed by atoms with Gasteiger partial charge < -0.3 is 0 Å². The lowest BCUT2D eigenvalue weighted by Gasteiger charge is -2.25. The van der Waals surface area contributed by atoms with Crippen LogP contribution in [0.4, 0.5) is 0 Å². The summed E-state index contributed by atoms with van der Waals surface area (Å²) in [4.78, 5) is 12.4. The van der Waals surface area contributed by atoms with Crippen molar-refractivity contribution < 1.29 is 9.00 Å². The number of Topliss-reactive ketones (excluding diaryl/α,β-unsaturated/α-hetero) is 1. The zero-order valence-corrected chi connectivity index (χ0v) is 17.4. The number of ketones is 1. The molecule has 1 unspecified atom stereocenters. The Balaban J connectivity index is 2.31. The molecule has 0 aliphatic carbocycles. The lowest BCUT2D eigenvalue weighted by molar-refractivity contribution is -0.113. The molecule has 0 spiro atoms. The van der Waals surface area contributed by atoms with E-state index in [2.05, 4.69) is 16.9 Å². The molecule has 0 heterocycles. The van der Waals surface area contributed by atoms with Gasteiger partial charge in [-0.2, -0.15) is 0 Å². The summed E-state index contributed by atoms with van der Waals surface area (Å²) in [7, 11) is -1.26. The maximum absolute atomic E-state index is 12.7. The van der Waals surface area contributed by atoms with Gasteiger partial charge in [0.2, 0.25) is 0 Å². The van der Waals surface area contributed by atoms with Crippen molar-refractivity contribution in [3.05, 3.63) is 77.4 Å². The van der Waals surface area contributed by atoms with Crippen molar-refractivity contribution in [3.63, 3.8) is 0 Å². The molecule has 0 fully saturated rings. The molecule has 0 amide bonds. The zero-order valence-electron chi connectivity index (χ0n) is 16.6. The second-order valence-corrected chi connectivity index (χ2v) is 9.64. The largest absolute Gasteiger partial charge is 0.295 e. The van der Waals surface area contributed by atoms with Crippen LogP contribution in [-0.2, 0) is 22.2 Å². The molecule has 3 nitrogen and oxygen atoms in total. The number of carbonyl (C=O) groups excluding carboxylic acids is 1. The van der Waals surface area contributed by atoms with E-state index in [0.717, 1.165) is 12.0 Å². The summed E-state index contributed by atoms with van der Waals surface area (Å²) in [5.41, 5.74) is 2.83. The van der Waals surface area contributed by atoms with Crippen molar-refractivity contribution in [3.8, 4) is 0 Å². The van der Waals surface area contributed by atoms with E-state index < -0.39 is 15.7 Å². The van der Waals surface area contributed by atoms with E-state index in [9.17, 15) is 9.00 Å². The SMILES string of the molecule is CC(=O)/C(=C\c1ccccc1)[C@H](CCc1ccccc1)NS(=O)C(C)(C)C. The number of rotatable bonds is 8. The van der Waals surface area contributed by atoms with Crippen LogP contribution >= 0.6 is 0 Å². The monoisotopic (exact) mass is 383 g/mol. The summed E-state index contributed by atoms with van der Waals surface area (Å²) >= 11 is 0. The molecule has 0 saturated heterocycles. The Hall–Kier alpha value is -2.04. The molecular formula is C23H29NO2S. The van der Waals surface area contributed by atoms with Crippen LogP contribution in [-0.4, -0.2) is 20.8 Å². The number of hydrogen-bond acceptors (Lipinski definition) is 2. The van der Waals surface area contributed by atoms with Crippen LogP contribution in [0.1, 0.15) is 45.2 Å². The Bertz CT molecular complexity index is 792. The van der Waals surface area contributed by atoms with Crippen molar-refractivity contribution in [2.75, 3.05) is 0 Å². The van der Waals surface area contributed by atoms with Gasteiger partial charge in [-0.1, -0.05) is 60.7 Å². The average molecular weight is 384 g/mol. The fourth-order valence-corrected chi connectivity index (χ4v) is 3.57. The van der Waals surface area contributed by atoms with E-state index in [-0.39, 0.29) is 11.8 Å². The maximum Gasteiger partial charge on any atom is 0.157 e. The molecule has 4 heteroatoms. The number of aryl methyl sites for hydroxylation is 1. The predicted molar refractivity (Wildman–Crippen MR) is 115 cm³/mol. The lowest BCUT2D eigenvalue weighted by atomic mass is 9.95. The highest BCUT2D eigenvalue weighted by Gasteiger charge is 2.26. The van der Waals surface area contributed by atoms with Gasteiger partial charge in [0.25, 0.3) is 0 Å². The summed E-state index contributed by atoms with van der Waals surface area (Å²) < 4.78 is 15.5. The molecule has 0 aromatic heterocycles. The van der Waals surface area contributed by atoms with E-state index in [1.165, 1.54) is 5.56 Å². The maximum atomic E-state index is 12.7. The van der Waals surface area contributed by atoms with Crippen molar-refractivity contribution in [2.45, 2.75) is 51.3 Å². The Morgan fingerprint density at radius 1 is 1.04 bits per heavy atom. The van der Waals surface area contributed by atoms with Gasteiger partial charge in [-0.15, -0.1) is 0 Å². The van der Waals surface area contributed by atoms with Crippen LogP contribution in [0.2, 0.25) is 0 Å². The second kappa shape index (κ2) is 9.77. The fraction of sp³-hybridized carbons (Fsp3) is 0.348. The first-order chi connectivity index (χ1) is 12.8. The van der Waals surface area contributed by atoms with Crippen LogP contribution in [0.3, 0.4) is 0 Å². The Morgan fingerprint density at radius 2 is 1.59 bits per heavy atom. The predicted octanol–water partition coefficient (Wildman–Crippen LogP) is 4.71. The van der Waals surface area contributed by atoms with Crippen molar-refractivity contribution >= 4 is 22.8 Å². The minimum atomic E-state index is -1.26. The molecule has 0 bridgehead atoms. The van der Waals surface area contributed by atoms with Crippen LogP contribution in [0.5, 0.6) is 0 Å². The Kier molecular flexibility index (Phi) is 7.69. The number of carbonyl (C=O) groups is 1. The summed E-state index contributed by atoms with van der Waals surface area (Å²) in [6, 6.07) is 19.7. The van der Waals surface area contributed by atoms with Gasteiger partial charge >= 0.3 is 0 Å². The van der Waals surface area contributed by atoms with Gasteiger partial charge in [0.1, 0.15) is 0 Å². The normalized spacial score (nSPS) is 14.6. The Labute approximate surface area is 165 Å². The van der Waals surface area contributed by atoms with Gasteiger partial charge in [0, 0.05) is 11.6 Å². The molecule has 2 aromatic rings. The van der Waals surface area contributed by atoms with E-state index in [0.29, 0.717) is 12.0 Å². The van der Waals surface area contributed by atoms with E-state index in [1.807, 2.05) is 75.4 Å². The third-order valence-corrected chi connectivity index (χ3v) is 5.88. The van der Waals surface area contributed by atoms with E-state index in [1.54, 1.807) is 6.92 Å². The number of benzene rings is 2. The first-order valence-electron chi connectivity index (χ1n) is 9.27. The molecule has 0 radical (unpaired) electrons. The summed E-state index contributed by atoms with van der Waals surface area (Å²) in [6.07, 6.45) is 3.41. The molecule has 144 valence electrons. The summed E-state index contributed by atoms with van der Waals surface area (Å²) in [6.45, 7) is 7.36. The van der Waals surface area contributed by atoms with Gasteiger partial charge in [-0.25, -0.2) is 8.93 Å². The molecule has 27 heavy (non-hydrogen) atoms. The first kappa shape index (κ1) is 21.3. The van der Waals surface area contributed by atoms with Crippen molar-refractivity contribution in [2.24, 2.45) is 0 Å². The van der Waals surface area contributed by atoms with Crippen LogP contribution in [0.25, 0.3) is 6.08 Å². The van der Waals surface area contributed by atoms with Crippen LogP contribution < -0.4 is 4.72 Å². The lowest BCUT2D eigenvalue weighted by Crippen LogP contribution is -2.42. The highest BCUT2D eigenvalue weighted by atomic mass is 32.2. The third-order valence-electron chi connectivity index (χ3n) is 4.27. The number of hydrogen-bond donors (Lipinski definition) is 1. The first-order valence-corrected chi connectivity index (χ1v) is 10.4. The molecule has 0 saturated carbocycles. The average Bonchev–Trinajstić information content (AvgIpc) is 2.64. The second-order valence-electron chi connectivity index (χ2n) is 7.64. The highest BCUT2D eigenvalue weighted by Crippen LogP contribution is 2.19. The van der Waals surface area contributed by atoms with E-state index in [4.69, 9.17) is 0 Å². The minimum absolute atomic E-state index is 0.00433. The van der Waals surface area contributed by atoms with Crippen LogP contribution in [0.15, 0.2) is 66.2 Å². The topological polar surface area (TPSA) is 46.2 Å². The van der Waals surface area contributed by atoms with Gasteiger partial charge in [-0.3, -0.25) is 4.79 Å². The van der Waals surface area contributed by atoms with Gasteiger partial charge in [0.15, 0.2) is 5.78 Å². The standard InChI is InChI=1S/C23H29NO2S/c1-18(25)21(17-20-13-9-6-10-14-20)22(24-27(26)23(2,3)4)16-15-19-11-7-5-8-12-19/h5-14,17,22,24H,15-16H2,1-4H3/b21-17+/t22-,27?/m0/s1. The number of nitrogens with one attached hydrogen (secondary N) is 1. The highest BCUT2D eigenvalue weighted by molar-refractivity contribution is 7.84. The molecule has 1 N–H and O–H groups in total. The van der Waals surface area contributed by atoms with Crippen LogP contribution in [0, 0.1) is 0 Å². The third kappa shape index (κ3) is 6.89. The zero-order chi connectivity index (χ0) is 19.9. The smallest absolute Gasteiger partial charge is 0.157 e.